The van der Waals surface area contributed by atoms with E-state index in [1.54, 1.807) is 12.1 Å². The van der Waals surface area contributed by atoms with Crippen molar-refractivity contribution in [1.82, 2.24) is 10.2 Å². The van der Waals surface area contributed by atoms with Crippen LogP contribution in [0.4, 0.5) is 10.1 Å². The van der Waals surface area contributed by atoms with Crippen LogP contribution >= 0.6 is 0 Å². The summed E-state index contributed by atoms with van der Waals surface area (Å²) in [4.78, 5) is 29.6. The molecule has 0 bridgehead atoms. The second-order valence-electron chi connectivity index (χ2n) is 11.6. The smallest absolute Gasteiger partial charge is 0.264 e. The van der Waals surface area contributed by atoms with Gasteiger partial charge in [-0.3, -0.25) is 13.9 Å². The number of hydrogen-bond donors (Lipinski definition) is 1. The van der Waals surface area contributed by atoms with Gasteiger partial charge in [0.2, 0.25) is 11.8 Å². The quantitative estimate of drug-likeness (QED) is 0.195. The highest BCUT2D eigenvalue weighted by Gasteiger charge is 2.35. The molecule has 0 aliphatic heterocycles. The number of sulfonamides is 1. The Bertz CT molecular complexity index is 1710. The molecule has 4 aromatic rings. The molecule has 0 aliphatic carbocycles. The van der Waals surface area contributed by atoms with Gasteiger partial charge in [-0.1, -0.05) is 104 Å². The lowest BCUT2D eigenvalue weighted by atomic mass is 10.0. The van der Waals surface area contributed by atoms with Crippen LogP contribution in [0.5, 0.6) is 0 Å². The second kappa shape index (κ2) is 15.0. The maximum absolute atomic E-state index is 15.2. The molecular formula is C36H40FN3O4S. The van der Waals surface area contributed by atoms with Crippen LogP contribution in [0.3, 0.4) is 0 Å². The topological polar surface area (TPSA) is 86.8 Å². The van der Waals surface area contributed by atoms with Crippen LogP contribution < -0.4 is 9.62 Å². The molecule has 2 amide bonds. The zero-order valence-corrected chi connectivity index (χ0v) is 26.9. The molecule has 4 rings (SSSR count). The largest absolute Gasteiger partial charge is 0.354 e. The maximum atomic E-state index is 15.2. The van der Waals surface area contributed by atoms with E-state index in [2.05, 4.69) is 5.32 Å². The van der Waals surface area contributed by atoms with Crippen molar-refractivity contribution >= 4 is 27.5 Å². The summed E-state index contributed by atoms with van der Waals surface area (Å²) < 4.78 is 44.1. The van der Waals surface area contributed by atoms with Crippen molar-refractivity contribution in [1.29, 1.82) is 0 Å². The fourth-order valence-corrected chi connectivity index (χ4v) is 6.41. The number of amides is 2. The van der Waals surface area contributed by atoms with Crippen molar-refractivity contribution in [2.24, 2.45) is 5.92 Å². The summed E-state index contributed by atoms with van der Waals surface area (Å²) in [7, 11) is -4.38. The number of aryl methyl sites for hydroxylation is 2. The third-order valence-electron chi connectivity index (χ3n) is 7.40. The summed E-state index contributed by atoms with van der Waals surface area (Å²) in [5, 5.41) is 2.97. The summed E-state index contributed by atoms with van der Waals surface area (Å²) in [5.74, 6) is -1.62. The maximum Gasteiger partial charge on any atom is 0.264 e. The minimum Gasteiger partial charge on any atom is -0.354 e. The number of benzene rings is 4. The molecule has 9 heteroatoms. The van der Waals surface area contributed by atoms with Crippen LogP contribution in [0, 0.1) is 25.6 Å². The number of hydrogen-bond acceptors (Lipinski definition) is 4. The van der Waals surface area contributed by atoms with Gasteiger partial charge in [-0.15, -0.1) is 0 Å². The van der Waals surface area contributed by atoms with E-state index in [0.29, 0.717) is 6.54 Å². The number of carbonyl (C=O) groups is 2. The van der Waals surface area contributed by atoms with Gasteiger partial charge in [0.05, 0.1) is 10.6 Å². The van der Waals surface area contributed by atoms with Gasteiger partial charge in [0.15, 0.2) is 0 Å². The summed E-state index contributed by atoms with van der Waals surface area (Å²) in [6, 6.07) is 27.6. The number of nitrogens with zero attached hydrogens (tertiary/aromatic N) is 2. The van der Waals surface area contributed by atoms with Gasteiger partial charge in [0.25, 0.3) is 10.0 Å². The zero-order chi connectivity index (χ0) is 32.6. The van der Waals surface area contributed by atoms with Crippen molar-refractivity contribution in [2.45, 2.75) is 51.6 Å². The third-order valence-corrected chi connectivity index (χ3v) is 9.17. The molecule has 7 nitrogen and oxygen atoms in total. The fourth-order valence-electron chi connectivity index (χ4n) is 4.99. The summed E-state index contributed by atoms with van der Waals surface area (Å²) >= 11 is 0. The number of rotatable bonds is 13. The van der Waals surface area contributed by atoms with Crippen LogP contribution in [0.15, 0.2) is 108 Å². The van der Waals surface area contributed by atoms with E-state index in [-0.39, 0.29) is 35.4 Å². The van der Waals surface area contributed by atoms with Gasteiger partial charge in [-0.2, -0.15) is 0 Å². The van der Waals surface area contributed by atoms with Crippen LogP contribution in [0.1, 0.15) is 36.1 Å². The molecular weight excluding hydrogens is 589 g/mol. The molecule has 0 heterocycles. The van der Waals surface area contributed by atoms with Gasteiger partial charge >= 0.3 is 0 Å². The van der Waals surface area contributed by atoms with E-state index in [1.807, 2.05) is 82.3 Å². The first-order chi connectivity index (χ1) is 21.5. The zero-order valence-electron chi connectivity index (χ0n) is 26.1. The molecule has 0 unspecified atom stereocenters. The third kappa shape index (κ3) is 8.79. The molecule has 0 radical (unpaired) electrons. The molecule has 0 saturated carbocycles. The second-order valence-corrected chi connectivity index (χ2v) is 13.5. The van der Waals surface area contributed by atoms with E-state index >= 15 is 4.39 Å². The standard InChI is InChI=1S/C36H40FN3O4S/c1-26(2)23-38-36(42)34(22-29-12-6-5-7-13-29)39(24-30-14-10-11-28(4)21-30)35(41)25-40(33-16-9-8-15-32(33)37)45(43,44)31-19-17-27(3)18-20-31/h5-21,26,34H,22-25H2,1-4H3,(H,38,42)/t34-/m0/s1. The van der Waals surface area contributed by atoms with Crippen molar-refractivity contribution < 1.29 is 22.4 Å². The summed E-state index contributed by atoms with van der Waals surface area (Å²) in [6.45, 7) is 7.44. The average molecular weight is 630 g/mol. The molecule has 236 valence electrons. The molecule has 0 aromatic heterocycles. The summed E-state index contributed by atoms with van der Waals surface area (Å²) in [6.07, 6.45) is 0.201. The normalized spacial score (nSPS) is 12.0. The Hall–Kier alpha value is -4.50. The van der Waals surface area contributed by atoms with E-state index in [1.165, 1.54) is 35.2 Å². The van der Waals surface area contributed by atoms with Crippen LogP contribution in [0.2, 0.25) is 0 Å². The lowest BCUT2D eigenvalue weighted by Crippen LogP contribution is -2.53. The van der Waals surface area contributed by atoms with E-state index in [4.69, 9.17) is 0 Å². The Balaban J connectivity index is 1.81. The van der Waals surface area contributed by atoms with Gasteiger partial charge in [0.1, 0.15) is 18.4 Å². The molecule has 0 saturated heterocycles. The first-order valence-corrected chi connectivity index (χ1v) is 16.4. The SMILES string of the molecule is Cc1ccc(S(=O)(=O)N(CC(=O)N(Cc2cccc(C)c2)[C@@H](Cc2ccccc2)C(=O)NCC(C)C)c2ccccc2F)cc1. The molecule has 0 spiro atoms. The van der Waals surface area contributed by atoms with Crippen molar-refractivity contribution in [3.63, 3.8) is 0 Å². The van der Waals surface area contributed by atoms with E-state index < -0.39 is 34.3 Å². The van der Waals surface area contributed by atoms with Gasteiger partial charge in [0, 0.05) is 19.5 Å². The predicted molar refractivity (Wildman–Crippen MR) is 176 cm³/mol. The summed E-state index contributed by atoms with van der Waals surface area (Å²) in [5.41, 5.74) is 3.17. The minimum absolute atomic E-state index is 0.0444. The highest BCUT2D eigenvalue weighted by Crippen LogP contribution is 2.27. The molecule has 1 N–H and O–H groups in total. The number of para-hydroxylation sites is 1. The highest BCUT2D eigenvalue weighted by molar-refractivity contribution is 7.92. The Morgan fingerprint density at radius 1 is 0.800 bits per heavy atom. The molecule has 0 aliphatic rings. The molecule has 4 aromatic carbocycles. The highest BCUT2D eigenvalue weighted by atomic mass is 32.2. The van der Waals surface area contributed by atoms with Crippen LogP contribution in [-0.4, -0.2) is 44.3 Å². The Labute approximate surface area is 265 Å². The van der Waals surface area contributed by atoms with E-state index in [0.717, 1.165) is 32.6 Å². The number of nitrogens with one attached hydrogen (secondary N) is 1. The Morgan fingerprint density at radius 3 is 2.09 bits per heavy atom. The van der Waals surface area contributed by atoms with Gasteiger partial charge in [-0.05, 0) is 55.2 Å². The predicted octanol–water partition coefficient (Wildman–Crippen LogP) is 6.05. The van der Waals surface area contributed by atoms with Crippen LogP contribution in [0.25, 0.3) is 0 Å². The lowest BCUT2D eigenvalue weighted by Gasteiger charge is -2.34. The average Bonchev–Trinajstić information content (AvgIpc) is 3.01. The van der Waals surface area contributed by atoms with Crippen molar-refractivity contribution in [3.05, 3.63) is 131 Å². The van der Waals surface area contributed by atoms with Crippen molar-refractivity contribution in [2.75, 3.05) is 17.4 Å². The Morgan fingerprint density at radius 2 is 1.44 bits per heavy atom. The monoisotopic (exact) mass is 629 g/mol. The van der Waals surface area contributed by atoms with Crippen LogP contribution in [-0.2, 0) is 32.6 Å². The number of anilines is 1. The molecule has 1 atom stereocenters. The fraction of sp³-hybridized carbons (Fsp3) is 0.278. The number of carbonyl (C=O) groups excluding carboxylic acids is 2. The van der Waals surface area contributed by atoms with Crippen molar-refractivity contribution in [3.8, 4) is 0 Å². The minimum atomic E-state index is -4.38. The van der Waals surface area contributed by atoms with Gasteiger partial charge in [-0.25, -0.2) is 12.8 Å². The Kier molecular flexibility index (Phi) is 11.1. The first-order valence-electron chi connectivity index (χ1n) is 15.0. The van der Waals surface area contributed by atoms with E-state index in [9.17, 15) is 18.0 Å². The lowest BCUT2D eigenvalue weighted by molar-refractivity contribution is -0.140. The number of halogens is 1. The molecule has 0 fully saturated rings. The first kappa shape index (κ1) is 33.4. The van der Waals surface area contributed by atoms with Gasteiger partial charge < -0.3 is 10.2 Å². The molecule has 45 heavy (non-hydrogen) atoms.